The largest absolute Gasteiger partial charge is 0.468 e. The van der Waals surface area contributed by atoms with Crippen LogP contribution in [0.4, 0.5) is 0 Å². The number of ether oxygens (including phenoxy) is 1. The number of carbonyl (C=O) groups is 1. The van der Waals surface area contributed by atoms with Crippen molar-refractivity contribution >= 4 is 5.97 Å². The molecule has 0 bridgehead atoms. The minimum Gasteiger partial charge on any atom is -0.468 e. The summed E-state index contributed by atoms with van der Waals surface area (Å²) in [5, 5.41) is 0. The Kier molecular flexibility index (Phi) is 5.37. The van der Waals surface area contributed by atoms with Gasteiger partial charge in [-0.15, -0.1) is 0 Å². The van der Waals surface area contributed by atoms with Crippen LogP contribution in [0.2, 0.25) is 0 Å². The molecule has 0 aliphatic carbocycles. The van der Waals surface area contributed by atoms with E-state index in [0.29, 0.717) is 6.42 Å². The van der Waals surface area contributed by atoms with E-state index in [0.717, 1.165) is 38.9 Å². The van der Waals surface area contributed by atoms with Gasteiger partial charge in [-0.3, -0.25) is 4.79 Å². The maximum absolute atomic E-state index is 11.6. The van der Waals surface area contributed by atoms with E-state index in [4.69, 9.17) is 10.5 Å². The number of hydrogen-bond donors (Lipinski definition) is 1. The highest BCUT2D eigenvalue weighted by atomic mass is 16.5. The van der Waals surface area contributed by atoms with Gasteiger partial charge in [0.25, 0.3) is 0 Å². The Balaban J connectivity index is 1.80. The van der Waals surface area contributed by atoms with Gasteiger partial charge in [0, 0.05) is 13.1 Å². The number of nitrogens with two attached hydrogens (primary N) is 1. The van der Waals surface area contributed by atoms with Gasteiger partial charge in [-0.1, -0.05) is 24.3 Å². The standard InChI is InChI=1S/C17H26N2O2/c1-17(18,16(20)21-2)10-5-11-19-12-8-14-6-3-4-7-15(14)9-13-19/h3-4,6-7H,5,8-13,18H2,1-2H3. The first-order valence-corrected chi connectivity index (χ1v) is 7.69. The zero-order chi connectivity index (χ0) is 15.3. The second-order valence-electron chi connectivity index (χ2n) is 6.12. The number of rotatable bonds is 5. The summed E-state index contributed by atoms with van der Waals surface area (Å²) in [6, 6.07) is 8.69. The summed E-state index contributed by atoms with van der Waals surface area (Å²) in [7, 11) is 1.39. The second kappa shape index (κ2) is 7.05. The van der Waals surface area contributed by atoms with Crippen LogP contribution in [0.3, 0.4) is 0 Å². The van der Waals surface area contributed by atoms with Crippen molar-refractivity contribution in [3.05, 3.63) is 35.4 Å². The number of esters is 1. The van der Waals surface area contributed by atoms with Crippen LogP contribution in [0.1, 0.15) is 30.9 Å². The summed E-state index contributed by atoms with van der Waals surface area (Å²) in [5.74, 6) is -0.328. The lowest BCUT2D eigenvalue weighted by atomic mass is 9.97. The number of fused-ring (bicyclic) bond motifs is 1. The topological polar surface area (TPSA) is 55.6 Å². The molecule has 0 spiro atoms. The minimum atomic E-state index is -0.871. The van der Waals surface area contributed by atoms with E-state index in [1.54, 1.807) is 6.92 Å². The number of hydrogen-bond acceptors (Lipinski definition) is 4. The van der Waals surface area contributed by atoms with Crippen molar-refractivity contribution in [3.8, 4) is 0 Å². The van der Waals surface area contributed by atoms with E-state index >= 15 is 0 Å². The maximum Gasteiger partial charge on any atom is 0.325 e. The fraction of sp³-hybridized carbons (Fsp3) is 0.588. The molecule has 4 nitrogen and oxygen atoms in total. The summed E-state index contributed by atoms with van der Waals surface area (Å²) >= 11 is 0. The quantitative estimate of drug-likeness (QED) is 0.840. The summed E-state index contributed by atoms with van der Waals surface area (Å²) in [6.07, 6.45) is 3.78. The zero-order valence-corrected chi connectivity index (χ0v) is 13.1. The molecule has 0 radical (unpaired) electrons. The SMILES string of the molecule is COC(=O)C(C)(N)CCCN1CCc2ccccc2CC1. The Morgan fingerprint density at radius 2 is 1.86 bits per heavy atom. The van der Waals surface area contributed by atoms with E-state index in [2.05, 4.69) is 29.2 Å². The first kappa shape index (κ1) is 16.0. The van der Waals surface area contributed by atoms with Gasteiger partial charge in [-0.05, 0) is 50.3 Å². The zero-order valence-electron chi connectivity index (χ0n) is 13.1. The molecule has 1 aromatic rings. The lowest BCUT2D eigenvalue weighted by Gasteiger charge is -2.24. The van der Waals surface area contributed by atoms with Crippen molar-refractivity contribution in [3.63, 3.8) is 0 Å². The molecule has 1 aliphatic heterocycles. The van der Waals surface area contributed by atoms with Crippen LogP contribution in [0.5, 0.6) is 0 Å². The third kappa shape index (κ3) is 4.29. The van der Waals surface area contributed by atoms with Crippen molar-refractivity contribution in [2.45, 2.75) is 38.1 Å². The molecule has 1 unspecified atom stereocenters. The van der Waals surface area contributed by atoms with Crippen molar-refractivity contribution in [2.75, 3.05) is 26.7 Å². The van der Waals surface area contributed by atoms with Gasteiger partial charge in [0.15, 0.2) is 0 Å². The van der Waals surface area contributed by atoms with Crippen molar-refractivity contribution in [2.24, 2.45) is 5.73 Å². The molecule has 0 saturated carbocycles. The number of benzene rings is 1. The predicted octanol–water partition coefficient (Wildman–Crippen LogP) is 1.76. The second-order valence-corrected chi connectivity index (χ2v) is 6.12. The lowest BCUT2D eigenvalue weighted by Crippen LogP contribution is -2.46. The Morgan fingerprint density at radius 1 is 1.29 bits per heavy atom. The van der Waals surface area contributed by atoms with Crippen molar-refractivity contribution in [1.82, 2.24) is 4.90 Å². The van der Waals surface area contributed by atoms with Crippen LogP contribution in [-0.4, -0.2) is 43.2 Å². The summed E-state index contributed by atoms with van der Waals surface area (Å²) in [6.45, 7) is 4.89. The highest BCUT2D eigenvalue weighted by Gasteiger charge is 2.28. The molecule has 0 amide bonds. The average Bonchev–Trinajstić information content (AvgIpc) is 2.69. The Hall–Kier alpha value is -1.39. The Labute approximate surface area is 127 Å². The van der Waals surface area contributed by atoms with E-state index in [1.807, 2.05) is 0 Å². The molecular weight excluding hydrogens is 264 g/mol. The monoisotopic (exact) mass is 290 g/mol. The minimum absolute atomic E-state index is 0.328. The fourth-order valence-corrected chi connectivity index (χ4v) is 2.94. The molecule has 1 aliphatic rings. The molecule has 1 heterocycles. The molecule has 0 fully saturated rings. The lowest BCUT2D eigenvalue weighted by molar-refractivity contribution is -0.146. The van der Waals surface area contributed by atoms with Gasteiger partial charge in [0.1, 0.15) is 5.54 Å². The number of methoxy groups -OCH3 is 1. The first-order valence-electron chi connectivity index (χ1n) is 7.69. The fourth-order valence-electron chi connectivity index (χ4n) is 2.94. The molecule has 2 N–H and O–H groups in total. The van der Waals surface area contributed by atoms with E-state index in [9.17, 15) is 4.79 Å². The van der Waals surface area contributed by atoms with Crippen LogP contribution < -0.4 is 5.73 Å². The predicted molar refractivity (Wildman–Crippen MR) is 84.1 cm³/mol. The van der Waals surface area contributed by atoms with Crippen LogP contribution in [-0.2, 0) is 22.4 Å². The van der Waals surface area contributed by atoms with Gasteiger partial charge in [0.2, 0.25) is 0 Å². The van der Waals surface area contributed by atoms with Crippen LogP contribution in [0, 0.1) is 0 Å². The van der Waals surface area contributed by atoms with Crippen molar-refractivity contribution < 1.29 is 9.53 Å². The van der Waals surface area contributed by atoms with Gasteiger partial charge < -0.3 is 15.4 Å². The Morgan fingerprint density at radius 3 is 2.38 bits per heavy atom. The summed E-state index contributed by atoms with van der Waals surface area (Å²) in [5.41, 5.74) is 8.06. The highest BCUT2D eigenvalue weighted by Crippen LogP contribution is 2.17. The van der Waals surface area contributed by atoms with Gasteiger partial charge >= 0.3 is 5.97 Å². The number of nitrogens with zero attached hydrogens (tertiary/aromatic N) is 1. The molecule has 1 atom stereocenters. The molecule has 4 heteroatoms. The van der Waals surface area contributed by atoms with E-state index in [-0.39, 0.29) is 5.97 Å². The molecule has 21 heavy (non-hydrogen) atoms. The van der Waals surface area contributed by atoms with Crippen LogP contribution >= 0.6 is 0 Å². The molecule has 1 aromatic carbocycles. The van der Waals surface area contributed by atoms with Gasteiger partial charge in [-0.25, -0.2) is 0 Å². The smallest absolute Gasteiger partial charge is 0.325 e. The van der Waals surface area contributed by atoms with Gasteiger partial charge in [0.05, 0.1) is 7.11 Å². The third-order valence-electron chi connectivity index (χ3n) is 4.34. The summed E-state index contributed by atoms with van der Waals surface area (Å²) in [4.78, 5) is 14.0. The van der Waals surface area contributed by atoms with Crippen LogP contribution in [0.25, 0.3) is 0 Å². The molecule has 0 saturated heterocycles. The van der Waals surface area contributed by atoms with E-state index in [1.165, 1.54) is 18.2 Å². The van der Waals surface area contributed by atoms with E-state index < -0.39 is 5.54 Å². The Bertz CT molecular complexity index is 458. The number of carbonyl (C=O) groups excluding carboxylic acids is 1. The molecule has 116 valence electrons. The molecular formula is C17H26N2O2. The molecule has 0 aromatic heterocycles. The average molecular weight is 290 g/mol. The highest BCUT2D eigenvalue weighted by molar-refractivity contribution is 5.79. The third-order valence-corrected chi connectivity index (χ3v) is 4.34. The normalized spacial score (nSPS) is 18.4. The maximum atomic E-state index is 11.6. The van der Waals surface area contributed by atoms with Gasteiger partial charge in [-0.2, -0.15) is 0 Å². The first-order chi connectivity index (χ1) is 10.0. The molecule has 2 rings (SSSR count). The summed E-state index contributed by atoms with van der Waals surface area (Å²) < 4.78 is 4.74. The van der Waals surface area contributed by atoms with Crippen LogP contribution in [0.15, 0.2) is 24.3 Å². The van der Waals surface area contributed by atoms with Crippen molar-refractivity contribution in [1.29, 1.82) is 0 Å².